The number of aromatic nitrogens is 1. The fourth-order valence-corrected chi connectivity index (χ4v) is 1.90. The van der Waals surface area contributed by atoms with Crippen molar-refractivity contribution in [3.05, 3.63) is 60.1 Å². The van der Waals surface area contributed by atoms with E-state index in [4.69, 9.17) is 4.74 Å². The summed E-state index contributed by atoms with van der Waals surface area (Å²) in [6, 6.07) is 5.10. The van der Waals surface area contributed by atoms with Gasteiger partial charge in [-0.05, 0) is 13.0 Å². The van der Waals surface area contributed by atoms with E-state index in [2.05, 4.69) is 18.1 Å². The van der Waals surface area contributed by atoms with Crippen LogP contribution in [0.1, 0.15) is 13.2 Å². The molecule has 0 bridgehead atoms. The summed E-state index contributed by atoms with van der Waals surface area (Å²) in [5.74, 6) is 0. The Morgan fingerprint density at radius 2 is 2.05 bits per heavy atom. The molecule has 1 aromatic rings. The van der Waals surface area contributed by atoms with E-state index in [1.807, 2.05) is 25.1 Å². The molecule has 1 unspecified atom stereocenters. The van der Waals surface area contributed by atoms with Crippen LogP contribution < -0.4 is 5.56 Å². The Hall–Kier alpha value is -1.65. The van der Waals surface area contributed by atoms with Crippen molar-refractivity contribution in [3.8, 4) is 0 Å². The first-order chi connectivity index (χ1) is 9.22. The predicted octanol–water partition coefficient (Wildman–Crippen LogP) is 2.06. The van der Waals surface area contributed by atoms with Crippen LogP contribution in [-0.2, 0) is 4.74 Å². The quantitative estimate of drug-likeness (QED) is 0.639. The lowest BCUT2D eigenvalue weighted by molar-refractivity contribution is -0.0132. The zero-order chi connectivity index (χ0) is 14.1. The molecule has 1 atom stereocenters. The van der Waals surface area contributed by atoms with E-state index in [1.54, 1.807) is 16.8 Å². The number of nitrogens with zero attached hydrogens (tertiary/aromatic N) is 2. The lowest BCUT2D eigenvalue weighted by Crippen LogP contribution is -2.36. The second-order valence-corrected chi connectivity index (χ2v) is 4.15. The summed E-state index contributed by atoms with van der Waals surface area (Å²) in [5.41, 5.74) is -0.0573. The summed E-state index contributed by atoms with van der Waals surface area (Å²) in [4.78, 5) is 14.0. The Morgan fingerprint density at radius 1 is 1.37 bits per heavy atom. The average molecular weight is 262 g/mol. The van der Waals surface area contributed by atoms with E-state index < -0.39 is 0 Å². The molecule has 4 heteroatoms. The Balaban J connectivity index is 2.87. The molecule has 0 aliphatic rings. The summed E-state index contributed by atoms with van der Waals surface area (Å²) in [7, 11) is 0. The Morgan fingerprint density at radius 3 is 2.58 bits per heavy atom. The van der Waals surface area contributed by atoms with Crippen LogP contribution in [0.3, 0.4) is 0 Å². The molecule has 0 saturated carbocycles. The minimum Gasteiger partial charge on any atom is -0.357 e. The van der Waals surface area contributed by atoms with E-state index >= 15 is 0 Å². The van der Waals surface area contributed by atoms with E-state index in [1.165, 1.54) is 6.07 Å². The summed E-state index contributed by atoms with van der Waals surface area (Å²) < 4.78 is 7.30. The van der Waals surface area contributed by atoms with E-state index in [0.29, 0.717) is 13.2 Å². The van der Waals surface area contributed by atoms with E-state index in [9.17, 15) is 4.79 Å². The highest BCUT2D eigenvalue weighted by Crippen LogP contribution is 2.08. The summed E-state index contributed by atoms with van der Waals surface area (Å²) in [5, 5.41) is 0. The molecule has 19 heavy (non-hydrogen) atoms. The number of rotatable bonds is 9. The zero-order valence-electron chi connectivity index (χ0n) is 11.5. The fraction of sp³-hybridized carbons (Fsp3) is 0.400. The molecule has 0 saturated heterocycles. The standard InChI is InChI=1S/C15H22N2O2/c1-4-10-16(11-5-2)13-15(19-6-3)17-12-8-7-9-14(17)18/h4-5,7-9,12,15H,1-2,6,10-11,13H2,3H3. The molecule has 4 nitrogen and oxygen atoms in total. The molecule has 0 aromatic carbocycles. The van der Waals surface area contributed by atoms with Gasteiger partial charge in [-0.1, -0.05) is 18.2 Å². The number of hydrogen-bond acceptors (Lipinski definition) is 3. The van der Waals surface area contributed by atoms with Crippen LogP contribution in [0.5, 0.6) is 0 Å². The predicted molar refractivity (Wildman–Crippen MR) is 78.2 cm³/mol. The third-order valence-corrected chi connectivity index (χ3v) is 2.71. The molecule has 0 aliphatic heterocycles. The van der Waals surface area contributed by atoms with Gasteiger partial charge in [0.1, 0.15) is 6.23 Å². The first-order valence-electron chi connectivity index (χ1n) is 6.45. The van der Waals surface area contributed by atoms with Crippen molar-refractivity contribution in [3.63, 3.8) is 0 Å². The average Bonchev–Trinajstić information content (AvgIpc) is 2.39. The van der Waals surface area contributed by atoms with Gasteiger partial charge >= 0.3 is 0 Å². The fourth-order valence-electron chi connectivity index (χ4n) is 1.90. The lowest BCUT2D eigenvalue weighted by Gasteiger charge is -2.26. The topological polar surface area (TPSA) is 34.5 Å². The van der Waals surface area contributed by atoms with Gasteiger partial charge in [0.15, 0.2) is 0 Å². The van der Waals surface area contributed by atoms with Gasteiger partial charge in [0, 0.05) is 38.5 Å². The first kappa shape index (κ1) is 15.4. The molecule has 0 aliphatic carbocycles. The normalized spacial score (nSPS) is 12.3. The van der Waals surface area contributed by atoms with E-state index in [-0.39, 0.29) is 11.8 Å². The first-order valence-corrected chi connectivity index (χ1v) is 6.45. The Labute approximate surface area is 114 Å². The molecule has 1 rings (SSSR count). The van der Waals surface area contributed by atoms with Crippen molar-refractivity contribution in [1.82, 2.24) is 9.47 Å². The van der Waals surface area contributed by atoms with Gasteiger partial charge in [-0.2, -0.15) is 0 Å². The van der Waals surface area contributed by atoms with Crippen LogP contribution in [0.15, 0.2) is 54.5 Å². The van der Waals surface area contributed by atoms with Gasteiger partial charge in [0.2, 0.25) is 0 Å². The van der Waals surface area contributed by atoms with Crippen molar-refractivity contribution in [2.24, 2.45) is 0 Å². The maximum atomic E-state index is 11.9. The maximum Gasteiger partial charge on any atom is 0.252 e. The van der Waals surface area contributed by atoms with Gasteiger partial charge < -0.3 is 4.74 Å². The highest BCUT2D eigenvalue weighted by atomic mass is 16.5. The summed E-state index contributed by atoms with van der Waals surface area (Å²) >= 11 is 0. The smallest absolute Gasteiger partial charge is 0.252 e. The molecule has 104 valence electrons. The molecule has 0 fully saturated rings. The third-order valence-electron chi connectivity index (χ3n) is 2.71. The number of hydrogen-bond donors (Lipinski definition) is 0. The van der Waals surface area contributed by atoms with Crippen LogP contribution in [0.4, 0.5) is 0 Å². The highest BCUT2D eigenvalue weighted by molar-refractivity contribution is 4.95. The Bertz CT molecular complexity index is 443. The minimum atomic E-state index is -0.293. The second-order valence-electron chi connectivity index (χ2n) is 4.15. The van der Waals surface area contributed by atoms with Gasteiger partial charge in [-0.3, -0.25) is 14.3 Å². The van der Waals surface area contributed by atoms with Crippen LogP contribution in [0, 0.1) is 0 Å². The van der Waals surface area contributed by atoms with Crippen molar-refractivity contribution in [2.75, 3.05) is 26.2 Å². The molecule has 0 N–H and O–H groups in total. The van der Waals surface area contributed by atoms with Crippen molar-refractivity contribution in [1.29, 1.82) is 0 Å². The zero-order valence-corrected chi connectivity index (χ0v) is 11.5. The molecule has 1 heterocycles. The van der Waals surface area contributed by atoms with Crippen molar-refractivity contribution >= 4 is 0 Å². The highest BCUT2D eigenvalue weighted by Gasteiger charge is 2.15. The van der Waals surface area contributed by atoms with E-state index in [0.717, 1.165) is 13.1 Å². The van der Waals surface area contributed by atoms with Gasteiger partial charge in [0.25, 0.3) is 5.56 Å². The van der Waals surface area contributed by atoms with Crippen LogP contribution in [-0.4, -0.2) is 35.7 Å². The second kappa shape index (κ2) is 8.45. The molecular weight excluding hydrogens is 240 g/mol. The van der Waals surface area contributed by atoms with Gasteiger partial charge in [-0.25, -0.2) is 0 Å². The number of pyridine rings is 1. The summed E-state index contributed by atoms with van der Waals surface area (Å²) in [6.45, 7) is 12.0. The van der Waals surface area contributed by atoms with Crippen LogP contribution >= 0.6 is 0 Å². The minimum absolute atomic E-state index is 0.0573. The molecule has 0 amide bonds. The monoisotopic (exact) mass is 262 g/mol. The lowest BCUT2D eigenvalue weighted by atomic mass is 10.3. The molecular formula is C15H22N2O2. The molecule has 0 spiro atoms. The van der Waals surface area contributed by atoms with Crippen molar-refractivity contribution < 1.29 is 4.74 Å². The van der Waals surface area contributed by atoms with Crippen LogP contribution in [0.25, 0.3) is 0 Å². The summed E-state index contributed by atoms with van der Waals surface area (Å²) in [6.07, 6.45) is 5.13. The molecule has 0 radical (unpaired) electrons. The largest absolute Gasteiger partial charge is 0.357 e. The van der Waals surface area contributed by atoms with Gasteiger partial charge in [-0.15, -0.1) is 13.2 Å². The van der Waals surface area contributed by atoms with Gasteiger partial charge in [0.05, 0.1) is 0 Å². The SMILES string of the molecule is C=CCN(CC=C)CC(OCC)n1ccccc1=O. The Kier molecular flexibility index (Phi) is 6.85. The maximum absolute atomic E-state index is 11.9. The third kappa shape index (κ3) is 4.85. The van der Waals surface area contributed by atoms with Crippen LogP contribution in [0.2, 0.25) is 0 Å². The number of ether oxygens (including phenoxy) is 1. The van der Waals surface area contributed by atoms with Crippen molar-refractivity contribution in [2.45, 2.75) is 13.2 Å². The molecule has 1 aromatic heterocycles.